The maximum absolute atomic E-state index is 13.0. The first-order valence-electron chi connectivity index (χ1n) is 12.2. The summed E-state index contributed by atoms with van der Waals surface area (Å²) in [5.41, 5.74) is 4.66. The van der Waals surface area contributed by atoms with Crippen molar-refractivity contribution in [3.05, 3.63) is 56.6 Å². The summed E-state index contributed by atoms with van der Waals surface area (Å²) < 4.78 is 7.14. The van der Waals surface area contributed by atoms with E-state index < -0.39 is 5.97 Å². The van der Waals surface area contributed by atoms with Crippen LogP contribution in [0.25, 0.3) is 22.5 Å². The zero-order chi connectivity index (χ0) is 25.9. The third-order valence-electron chi connectivity index (χ3n) is 6.46. The number of benzene rings is 1. The van der Waals surface area contributed by atoms with Crippen molar-refractivity contribution in [2.24, 2.45) is 0 Å². The molecule has 192 valence electrons. The van der Waals surface area contributed by atoms with Crippen molar-refractivity contribution in [3.63, 3.8) is 0 Å². The molecule has 0 aliphatic heterocycles. The first-order chi connectivity index (χ1) is 18.0. The Balaban J connectivity index is 1.34. The van der Waals surface area contributed by atoms with Crippen molar-refractivity contribution in [3.8, 4) is 22.5 Å². The van der Waals surface area contributed by atoms with Gasteiger partial charge in [0.2, 0.25) is 5.91 Å². The zero-order valence-electron chi connectivity index (χ0n) is 21.0. The number of nitrogens with one attached hydrogen (secondary N) is 1. The summed E-state index contributed by atoms with van der Waals surface area (Å²) in [7, 11) is 1.35. The molecule has 3 heterocycles. The maximum Gasteiger partial charge on any atom is 0.341 e. The van der Waals surface area contributed by atoms with Crippen LogP contribution in [0, 0.1) is 6.92 Å². The molecule has 1 aliphatic carbocycles. The van der Waals surface area contributed by atoms with E-state index in [1.54, 1.807) is 0 Å². The molecule has 37 heavy (non-hydrogen) atoms. The van der Waals surface area contributed by atoms with Gasteiger partial charge in [0.15, 0.2) is 11.0 Å². The molecule has 1 aliphatic rings. The summed E-state index contributed by atoms with van der Waals surface area (Å²) in [5, 5.41) is 15.3. The van der Waals surface area contributed by atoms with Crippen molar-refractivity contribution in [2.45, 2.75) is 51.2 Å². The lowest BCUT2D eigenvalue weighted by molar-refractivity contribution is -0.113. The largest absolute Gasteiger partial charge is 0.465 e. The molecule has 1 aromatic carbocycles. The summed E-state index contributed by atoms with van der Waals surface area (Å²) in [6.45, 7) is 4.73. The Kier molecular flexibility index (Phi) is 7.78. The number of rotatable bonds is 8. The van der Waals surface area contributed by atoms with E-state index in [-0.39, 0.29) is 11.7 Å². The van der Waals surface area contributed by atoms with Crippen LogP contribution in [0.2, 0.25) is 0 Å². The lowest BCUT2D eigenvalue weighted by Crippen LogP contribution is -2.16. The number of esters is 1. The number of carbonyl (C=O) groups excluding carboxylic acids is 2. The second kappa shape index (κ2) is 11.2. The zero-order valence-corrected chi connectivity index (χ0v) is 23.4. The molecule has 0 atom stereocenters. The first kappa shape index (κ1) is 25.7. The van der Waals surface area contributed by atoms with Crippen LogP contribution < -0.4 is 5.32 Å². The van der Waals surface area contributed by atoms with Crippen molar-refractivity contribution in [2.75, 3.05) is 18.2 Å². The number of hydrogen-bond donors (Lipinski definition) is 1. The second-order valence-corrected chi connectivity index (χ2v) is 11.9. The molecule has 0 saturated heterocycles. The minimum absolute atomic E-state index is 0.151. The molecule has 0 spiro atoms. The lowest BCUT2D eigenvalue weighted by atomic mass is 9.96. The number of methoxy groups -OCH3 is 1. The van der Waals surface area contributed by atoms with E-state index in [1.807, 2.05) is 48.6 Å². The standard InChI is InChI=1S/C27H28N4O3S3/c1-4-31-24(19-14-35-20-13-9-8-12-18(19)20)29-30-27(31)36-15-21(32)28-25-23(26(33)34-3)22(16(2)37-25)17-10-6-5-7-11-17/h5-7,10-11,14H,4,8-9,12-13,15H2,1-3H3,(H,28,32). The molecule has 1 N–H and O–H groups in total. The fourth-order valence-corrected chi connectivity index (χ4v) is 7.74. The number of ether oxygens (including phenoxy) is 1. The van der Waals surface area contributed by atoms with Crippen molar-refractivity contribution in [1.82, 2.24) is 14.8 Å². The van der Waals surface area contributed by atoms with Gasteiger partial charge in [0.05, 0.1) is 12.9 Å². The van der Waals surface area contributed by atoms with E-state index in [9.17, 15) is 9.59 Å². The van der Waals surface area contributed by atoms with Gasteiger partial charge in [-0.05, 0) is 50.7 Å². The van der Waals surface area contributed by atoms with Crippen molar-refractivity contribution in [1.29, 1.82) is 0 Å². The highest BCUT2D eigenvalue weighted by atomic mass is 32.2. The van der Waals surface area contributed by atoms with Gasteiger partial charge in [-0.1, -0.05) is 42.1 Å². The summed E-state index contributed by atoms with van der Waals surface area (Å²) in [6.07, 6.45) is 4.69. The third-order valence-corrected chi connectivity index (χ3v) is 9.53. The molecule has 3 aromatic heterocycles. The van der Waals surface area contributed by atoms with Gasteiger partial charge in [-0.3, -0.25) is 4.79 Å². The smallest absolute Gasteiger partial charge is 0.341 e. The summed E-state index contributed by atoms with van der Waals surface area (Å²) in [5.74, 6) is 0.342. The third kappa shape index (κ3) is 5.10. The SMILES string of the molecule is CCn1c(SCC(=O)Nc2sc(C)c(-c3ccccc3)c2C(=O)OC)nnc1-c1csc2c1CCCC2. The monoisotopic (exact) mass is 552 g/mol. The fourth-order valence-electron chi connectivity index (χ4n) is 4.74. The molecular weight excluding hydrogens is 525 g/mol. The highest BCUT2D eigenvalue weighted by Gasteiger charge is 2.26. The highest BCUT2D eigenvalue weighted by molar-refractivity contribution is 7.99. The highest BCUT2D eigenvalue weighted by Crippen LogP contribution is 2.41. The van der Waals surface area contributed by atoms with Crippen molar-refractivity contribution >= 4 is 51.3 Å². The van der Waals surface area contributed by atoms with E-state index in [1.165, 1.54) is 59.1 Å². The minimum Gasteiger partial charge on any atom is -0.465 e. The number of aromatic nitrogens is 3. The molecule has 5 rings (SSSR count). The number of fused-ring (bicyclic) bond motifs is 1. The van der Waals surface area contributed by atoms with Gasteiger partial charge in [-0.15, -0.1) is 32.9 Å². The molecule has 4 aromatic rings. The number of aryl methyl sites for hydroxylation is 2. The normalized spacial score (nSPS) is 12.8. The second-order valence-electron chi connectivity index (χ2n) is 8.74. The predicted molar refractivity (Wildman–Crippen MR) is 151 cm³/mol. The van der Waals surface area contributed by atoms with Crippen LogP contribution in [0.3, 0.4) is 0 Å². The van der Waals surface area contributed by atoms with Gasteiger partial charge in [0, 0.05) is 32.8 Å². The Hall–Kier alpha value is -2.95. The number of nitrogens with zero attached hydrogens (tertiary/aromatic N) is 3. The summed E-state index contributed by atoms with van der Waals surface area (Å²) in [6, 6.07) is 9.67. The van der Waals surface area contributed by atoms with Crippen LogP contribution in [0.15, 0.2) is 40.9 Å². The van der Waals surface area contributed by atoms with E-state index in [2.05, 4.69) is 32.4 Å². The number of carbonyl (C=O) groups is 2. The maximum atomic E-state index is 13.0. The van der Waals surface area contributed by atoms with E-state index >= 15 is 0 Å². The van der Waals surface area contributed by atoms with Crippen molar-refractivity contribution < 1.29 is 14.3 Å². The van der Waals surface area contributed by atoms with Gasteiger partial charge >= 0.3 is 5.97 Å². The summed E-state index contributed by atoms with van der Waals surface area (Å²) in [4.78, 5) is 28.1. The van der Waals surface area contributed by atoms with Crippen LogP contribution in [-0.2, 0) is 28.9 Å². The Morgan fingerprint density at radius 2 is 1.95 bits per heavy atom. The molecule has 0 fully saturated rings. The van der Waals surface area contributed by atoms with Gasteiger partial charge < -0.3 is 14.6 Å². The molecule has 0 unspecified atom stereocenters. The molecule has 0 bridgehead atoms. The van der Waals surface area contributed by atoms with Crippen LogP contribution in [-0.4, -0.2) is 39.5 Å². The topological polar surface area (TPSA) is 86.1 Å². The Morgan fingerprint density at radius 3 is 2.70 bits per heavy atom. The van der Waals surface area contributed by atoms with Gasteiger partial charge in [0.1, 0.15) is 10.6 Å². The average Bonchev–Trinajstić information content (AvgIpc) is 3.61. The Labute approximate surface area is 228 Å². The van der Waals surface area contributed by atoms with Gasteiger partial charge in [0.25, 0.3) is 0 Å². The number of thioether (sulfide) groups is 1. The molecule has 7 nitrogen and oxygen atoms in total. The van der Waals surface area contributed by atoms with Gasteiger partial charge in [-0.2, -0.15) is 0 Å². The minimum atomic E-state index is -0.472. The van der Waals surface area contributed by atoms with Crippen LogP contribution in [0.4, 0.5) is 5.00 Å². The van der Waals surface area contributed by atoms with Gasteiger partial charge in [-0.25, -0.2) is 4.79 Å². The number of hydrogen-bond acceptors (Lipinski definition) is 8. The quantitative estimate of drug-likeness (QED) is 0.199. The Bertz CT molecular complexity index is 1440. The van der Waals surface area contributed by atoms with E-state index in [0.29, 0.717) is 22.3 Å². The number of anilines is 1. The fraction of sp³-hybridized carbons (Fsp3) is 0.333. The molecule has 0 radical (unpaired) electrons. The number of amides is 1. The Morgan fingerprint density at radius 1 is 1.16 bits per heavy atom. The predicted octanol–water partition coefficient (Wildman–Crippen LogP) is 6.46. The molecule has 10 heteroatoms. The molecular formula is C27H28N4O3S3. The summed E-state index contributed by atoms with van der Waals surface area (Å²) >= 11 is 4.54. The van der Waals surface area contributed by atoms with Crippen LogP contribution in [0.1, 0.15) is 45.4 Å². The van der Waals surface area contributed by atoms with E-state index in [4.69, 9.17) is 4.74 Å². The van der Waals surface area contributed by atoms with E-state index in [0.717, 1.165) is 34.7 Å². The molecule has 1 amide bonds. The average molecular weight is 553 g/mol. The molecule has 0 saturated carbocycles. The van der Waals surface area contributed by atoms with Crippen LogP contribution in [0.5, 0.6) is 0 Å². The lowest BCUT2D eigenvalue weighted by Gasteiger charge is -2.13. The number of thiophene rings is 2. The van der Waals surface area contributed by atoms with Crippen LogP contribution >= 0.6 is 34.4 Å². The first-order valence-corrected chi connectivity index (χ1v) is 14.9.